The molecule has 0 aromatic carbocycles. The van der Waals surface area contributed by atoms with E-state index >= 15 is 0 Å². The summed E-state index contributed by atoms with van der Waals surface area (Å²) in [6.07, 6.45) is 8.26. The van der Waals surface area contributed by atoms with Gasteiger partial charge in [-0.15, -0.1) is 0 Å². The Bertz CT molecular complexity index is 344. The molecule has 0 saturated heterocycles. The molecule has 24 heavy (non-hydrogen) atoms. The molecular weight excluding hydrogens is 304 g/mol. The summed E-state index contributed by atoms with van der Waals surface area (Å²) in [6, 6.07) is 0. The fourth-order valence-electron chi connectivity index (χ4n) is 2.78. The second kappa shape index (κ2) is 13.3. The molecule has 0 aliphatic heterocycles. The first-order chi connectivity index (χ1) is 11.5. The molecule has 0 rings (SSSR count). The number of carbonyl (C=O) groups excluding carboxylic acids is 2. The maximum atomic E-state index is 12.6. The van der Waals surface area contributed by atoms with Gasteiger partial charge in [-0.05, 0) is 25.2 Å². The van der Waals surface area contributed by atoms with E-state index in [1.54, 1.807) is 0 Å². The zero-order valence-electron chi connectivity index (χ0n) is 16.5. The molecule has 0 aliphatic carbocycles. The Kier molecular flexibility index (Phi) is 12.7. The summed E-state index contributed by atoms with van der Waals surface area (Å²) < 4.78 is 10.9. The summed E-state index contributed by atoms with van der Waals surface area (Å²) in [7, 11) is 0. The Morgan fingerprint density at radius 3 is 1.83 bits per heavy atom. The Balaban J connectivity index is 4.54. The molecule has 0 heterocycles. The van der Waals surface area contributed by atoms with Crippen LogP contribution >= 0.6 is 0 Å². The minimum atomic E-state index is -1.14. The molecule has 0 aliphatic rings. The van der Waals surface area contributed by atoms with E-state index in [0.29, 0.717) is 32.0 Å². The Morgan fingerprint density at radius 1 is 0.792 bits per heavy atom. The van der Waals surface area contributed by atoms with Gasteiger partial charge in [-0.2, -0.15) is 0 Å². The Hall–Kier alpha value is -1.06. The third-order valence-electron chi connectivity index (χ3n) is 5.07. The summed E-state index contributed by atoms with van der Waals surface area (Å²) in [5.74, 6) is -0.483. The fourth-order valence-corrected chi connectivity index (χ4v) is 2.78. The van der Waals surface area contributed by atoms with Crippen molar-refractivity contribution in [3.8, 4) is 0 Å². The van der Waals surface area contributed by atoms with Gasteiger partial charge in [0.05, 0.1) is 13.2 Å². The number of carbonyl (C=O) groups is 2. The van der Waals surface area contributed by atoms with Crippen molar-refractivity contribution >= 4 is 11.9 Å². The third kappa shape index (κ3) is 7.23. The number of hydrogen-bond acceptors (Lipinski definition) is 4. The monoisotopic (exact) mass is 342 g/mol. The van der Waals surface area contributed by atoms with Crippen LogP contribution in [0.15, 0.2) is 0 Å². The van der Waals surface area contributed by atoms with Gasteiger partial charge >= 0.3 is 11.9 Å². The van der Waals surface area contributed by atoms with Crippen LogP contribution < -0.4 is 0 Å². The number of rotatable bonds is 14. The number of hydrogen-bond donors (Lipinski definition) is 0. The second-order valence-electron chi connectivity index (χ2n) is 6.62. The summed E-state index contributed by atoms with van der Waals surface area (Å²) in [6.45, 7) is 10.8. The Labute approximate surface area is 148 Å². The van der Waals surface area contributed by atoms with Crippen molar-refractivity contribution in [1.29, 1.82) is 0 Å². The molecule has 0 unspecified atom stereocenters. The van der Waals surface area contributed by atoms with Crippen molar-refractivity contribution in [2.75, 3.05) is 13.2 Å². The summed E-state index contributed by atoms with van der Waals surface area (Å²) in [5, 5.41) is 0. The zero-order chi connectivity index (χ0) is 18.4. The molecule has 0 aromatic heterocycles. The van der Waals surface area contributed by atoms with Crippen LogP contribution in [0.4, 0.5) is 0 Å². The quantitative estimate of drug-likeness (QED) is 0.245. The normalized spacial score (nSPS) is 11.6. The van der Waals surface area contributed by atoms with E-state index in [2.05, 4.69) is 20.8 Å². The highest BCUT2D eigenvalue weighted by molar-refractivity contribution is 5.99. The maximum Gasteiger partial charge on any atom is 0.323 e. The smallest absolute Gasteiger partial charge is 0.323 e. The molecule has 0 atom stereocenters. The van der Waals surface area contributed by atoms with Crippen LogP contribution in [0.3, 0.4) is 0 Å². The van der Waals surface area contributed by atoms with Crippen molar-refractivity contribution < 1.29 is 19.1 Å². The van der Waals surface area contributed by atoms with E-state index in [4.69, 9.17) is 9.47 Å². The average Bonchev–Trinajstić information content (AvgIpc) is 2.60. The Morgan fingerprint density at radius 2 is 1.33 bits per heavy atom. The fraction of sp³-hybridized carbons (Fsp3) is 0.900. The molecule has 0 saturated carbocycles. The van der Waals surface area contributed by atoms with Crippen LogP contribution in [0, 0.1) is 11.3 Å². The van der Waals surface area contributed by atoms with E-state index in [1.165, 1.54) is 12.8 Å². The maximum absolute atomic E-state index is 12.6. The highest BCUT2D eigenvalue weighted by Crippen LogP contribution is 2.30. The first-order valence-corrected chi connectivity index (χ1v) is 9.86. The van der Waals surface area contributed by atoms with Gasteiger partial charge in [-0.25, -0.2) is 0 Å². The number of ether oxygens (including phenoxy) is 2. The zero-order valence-corrected chi connectivity index (χ0v) is 16.5. The summed E-state index contributed by atoms with van der Waals surface area (Å²) >= 11 is 0. The second-order valence-corrected chi connectivity index (χ2v) is 6.62. The summed E-state index contributed by atoms with van der Waals surface area (Å²) in [5.41, 5.74) is -1.14. The lowest BCUT2D eigenvalue weighted by Crippen LogP contribution is -2.41. The molecule has 0 fully saturated rings. The van der Waals surface area contributed by atoms with Crippen LogP contribution in [-0.4, -0.2) is 25.2 Å². The topological polar surface area (TPSA) is 52.6 Å². The van der Waals surface area contributed by atoms with Crippen molar-refractivity contribution in [3.63, 3.8) is 0 Å². The average molecular weight is 343 g/mol. The molecule has 0 N–H and O–H groups in total. The molecule has 0 radical (unpaired) electrons. The molecule has 142 valence electrons. The number of unbranched alkanes of at least 4 members (excludes halogenated alkanes) is 4. The third-order valence-corrected chi connectivity index (χ3v) is 5.07. The largest absolute Gasteiger partial charge is 0.465 e. The standard InChI is InChI=1S/C20H38O4/c1-6-11-12-13-14-15-23-18(21)20(9-4,10-5)19(22)24-16-17(7-2)8-3/h17H,6-16H2,1-5H3. The van der Waals surface area contributed by atoms with Crippen LogP contribution in [-0.2, 0) is 19.1 Å². The molecule has 0 aromatic rings. The predicted molar refractivity (Wildman–Crippen MR) is 97.8 cm³/mol. The van der Waals surface area contributed by atoms with Gasteiger partial charge in [0, 0.05) is 0 Å². The lowest BCUT2D eigenvalue weighted by Gasteiger charge is -2.27. The lowest BCUT2D eigenvalue weighted by molar-refractivity contribution is -0.174. The van der Waals surface area contributed by atoms with E-state index in [0.717, 1.165) is 32.1 Å². The van der Waals surface area contributed by atoms with E-state index in [-0.39, 0.29) is 0 Å². The molecule has 4 heteroatoms. The van der Waals surface area contributed by atoms with Gasteiger partial charge in [-0.1, -0.05) is 73.1 Å². The first-order valence-electron chi connectivity index (χ1n) is 9.86. The minimum absolute atomic E-state index is 0.356. The highest BCUT2D eigenvalue weighted by atomic mass is 16.6. The van der Waals surface area contributed by atoms with Gasteiger partial charge in [-0.3, -0.25) is 9.59 Å². The van der Waals surface area contributed by atoms with Crippen molar-refractivity contribution in [2.45, 2.75) is 92.4 Å². The van der Waals surface area contributed by atoms with E-state index < -0.39 is 17.4 Å². The van der Waals surface area contributed by atoms with Crippen LogP contribution in [0.25, 0.3) is 0 Å². The molecule has 0 amide bonds. The SMILES string of the molecule is CCCCCCCOC(=O)C(CC)(CC)C(=O)OCC(CC)CC. The van der Waals surface area contributed by atoms with Gasteiger partial charge in [0.25, 0.3) is 0 Å². The van der Waals surface area contributed by atoms with Gasteiger partial charge in [0.15, 0.2) is 5.41 Å². The van der Waals surface area contributed by atoms with Crippen LogP contribution in [0.5, 0.6) is 0 Å². The van der Waals surface area contributed by atoms with Gasteiger partial charge in [0.2, 0.25) is 0 Å². The van der Waals surface area contributed by atoms with Crippen LogP contribution in [0.1, 0.15) is 92.4 Å². The summed E-state index contributed by atoms with van der Waals surface area (Å²) in [4.78, 5) is 25.1. The number of esters is 2. The van der Waals surface area contributed by atoms with Crippen molar-refractivity contribution in [3.05, 3.63) is 0 Å². The van der Waals surface area contributed by atoms with E-state index in [9.17, 15) is 9.59 Å². The van der Waals surface area contributed by atoms with Crippen molar-refractivity contribution in [2.24, 2.45) is 11.3 Å². The molecular formula is C20H38O4. The minimum Gasteiger partial charge on any atom is -0.465 e. The highest BCUT2D eigenvalue weighted by Gasteiger charge is 2.46. The molecule has 4 nitrogen and oxygen atoms in total. The lowest BCUT2D eigenvalue weighted by atomic mass is 9.82. The molecule has 0 spiro atoms. The van der Waals surface area contributed by atoms with Gasteiger partial charge in [0.1, 0.15) is 0 Å². The van der Waals surface area contributed by atoms with Crippen LogP contribution in [0.2, 0.25) is 0 Å². The van der Waals surface area contributed by atoms with E-state index in [1.807, 2.05) is 13.8 Å². The van der Waals surface area contributed by atoms with Gasteiger partial charge < -0.3 is 9.47 Å². The first kappa shape index (κ1) is 22.9. The predicted octanol–water partition coefficient (Wildman–Crippen LogP) is 5.29. The van der Waals surface area contributed by atoms with Crippen molar-refractivity contribution in [1.82, 2.24) is 0 Å². The molecule has 0 bridgehead atoms.